The van der Waals surface area contributed by atoms with Gasteiger partial charge in [0.1, 0.15) is 5.76 Å². The minimum atomic E-state index is -0.444. The van der Waals surface area contributed by atoms with Gasteiger partial charge in [-0.3, -0.25) is 4.79 Å². The topological polar surface area (TPSA) is 68.5 Å². The number of nitrogens with one attached hydrogen (secondary N) is 1. The third kappa shape index (κ3) is 3.97. The number of hydrogen-bond acceptors (Lipinski definition) is 4. The molecule has 0 spiro atoms. The van der Waals surface area contributed by atoms with Crippen LogP contribution in [0.15, 0.2) is 40.8 Å². The van der Waals surface area contributed by atoms with Crippen LogP contribution in [0, 0.1) is 6.92 Å². The van der Waals surface area contributed by atoms with E-state index in [0.717, 1.165) is 12.8 Å². The molecule has 0 saturated carbocycles. The molecule has 2 aromatic rings. The number of hydrogen-bond donors (Lipinski definition) is 1. The quantitative estimate of drug-likeness (QED) is 0.651. The van der Waals surface area contributed by atoms with Crippen LogP contribution in [0.1, 0.15) is 46.4 Å². The fraction of sp³-hybridized carbons (Fsp3) is 0.294. The Morgan fingerprint density at radius 1 is 1.18 bits per heavy atom. The van der Waals surface area contributed by atoms with Crippen molar-refractivity contribution in [3.8, 4) is 0 Å². The Hall–Kier alpha value is -2.56. The Morgan fingerprint density at radius 3 is 2.64 bits per heavy atom. The highest BCUT2D eigenvalue weighted by molar-refractivity contribution is 6.06. The van der Waals surface area contributed by atoms with Gasteiger partial charge in [-0.15, -0.1) is 0 Å². The molecule has 0 bridgehead atoms. The van der Waals surface area contributed by atoms with E-state index in [1.54, 1.807) is 43.3 Å². The van der Waals surface area contributed by atoms with Gasteiger partial charge >= 0.3 is 5.97 Å². The summed E-state index contributed by atoms with van der Waals surface area (Å²) in [4.78, 5) is 24.2. The summed E-state index contributed by atoms with van der Waals surface area (Å²) in [5.41, 5.74) is 0.735. The molecule has 22 heavy (non-hydrogen) atoms. The molecular weight excluding hydrogens is 282 g/mol. The van der Waals surface area contributed by atoms with Crippen molar-refractivity contribution in [2.45, 2.75) is 26.7 Å². The van der Waals surface area contributed by atoms with Crippen LogP contribution >= 0.6 is 0 Å². The highest BCUT2D eigenvalue weighted by Gasteiger charge is 2.16. The first kappa shape index (κ1) is 15.8. The summed E-state index contributed by atoms with van der Waals surface area (Å²) in [5, 5.41) is 2.68. The molecule has 1 aromatic carbocycles. The van der Waals surface area contributed by atoms with Crippen molar-refractivity contribution in [2.24, 2.45) is 0 Å². The molecule has 0 fully saturated rings. The number of carbonyl (C=O) groups excluding carboxylic acids is 2. The summed E-state index contributed by atoms with van der Waals surface area (Å²) in [5.74, 6) is 0.00551. The first-order chi connectivity index (χ1) is 10.6. The van der Waals surface area contributed by atoms with E-state index in [1.807, 2.05) is 6.92 Å². The number of esters is 1. The van der Waals surface area contributed by atoms with Gasteiger partial charge < -0.3 is 14.5 Å². The molecule has 1 heterocycles. The van der Waals surface area contributed by atoms with Crippen LogP contribution in [0.3, 0.4) is 0 Å². The van der Waals surface area contributed by atoms with Crippen molar-refractivity contribution in [1.29, 1.82) is 0 Å². The van der Waals surface area contributed by atoms with E-state index in [4.69, 9.17) is 9.15 Å². The second kappa shape index (κ2) is 7.45. The molecule has 1 N–H and O–H groups in total. The number of unbranched alkanes of at least 4 members (excludes halogenated alkanes) is 1. The third-order valence-corrected chi connectivity index (χ3v) is 3.09. The average molecular weight is 301 g/mol. The number of rotatable bonds is 6. The zero-order valence-electron chi connectivity index (χ0n) is 12.7. The first-order valence-corrected chi connectivity index (χ1v) is 7.25. The summed E-state index contributed by atoms with van der Waals surface area (Å²) in [6.07, 6.45) is 1.76. The van der Waals surface area contributed by atoms with Crippen molar-refractivity contribution in [1.82, 2.24) is 0 Å². The maximum absolute atomic E-state index is 12.1. The van der Waals surface area contributed by atoms with Crippen molar-refractivity contribution < 1.29 is 18.7 Å². The van der Waals surface area contributed by atoms with Crippen LogP contribution < -0.4 is 5.32 Å². The molecule has 2 rings (SSSR count). The van der Waals surface area contributed by atoms with E-state index in [-0.39, 0.29) is 5.76 Å². The number of ether oxygens (including phenoxy) is 1. The van der Waals surface area contributed by atoms with Gasteiger partial charge in [-0.25, -0.2) is 4.79 Å². The molecule has 0 aliphatic heterocycles. The normalized spacial score (nSPS) is 10.3. The number of amides is 1. The van der Waals surface area contributed by atoms with Gasteiger partial charge in [0.25, 0.3) is 5.91 Å². The lowest BCUT2D eigenvalue weighted by molar-refractivity contribution is 0.0501. The Bertz CT molecular complexity index is 660. The van der Waals surface area contributed by atoms with Crippen LogP contribution in [0.25, 0.3) is 0 Å². The lowest BCUT2D eigenvalue weighted by atomic mass is 10.1. The summed E-state index contributed by atoms with van der Waals surface area (Å²) in [6.45, 7) is 4.15. The predicted octanol–water partition coefficient (Wildman–Crippen LogP) is 3.80. The van der Waals surface area contributed by atoms with Crippen LogP contribution in [-0.2, 0) is 4.74 Å². The Labute approximate surface area is 129 Å². The van der Waals surface area contributed by atoms with Crippen LogP contribution in [0.5, 0.6) is 0 Å². The zero-order valence-corrected chi connectivity index (χ0v) is 12.7. The molecule has 0 saturated heterocycles. The third-order valence-electron chi connectivity index (χ3n) is 3.09. The maximum atomic E-state index is 12.1. The van der Waals surface area contributed by atoms with E-state index < -0.39 is 11.9 Å². The molecule has 0 radical (unpaired) electrons. The van der Waals surface area contributed by atoms with Gasteiger partial charge in [-0.05, 0) is 37.6 Å². The van der Waals surface area contributed by atoms with E-state index >= 15 is 0 Å². The summed E-state index contributed by atoms with van der Waals surface area (Å²) < 4.78 is 10.5. The molecule has 1 amide bonds. The lowest BCUT2D eigenvalue weighted by Gasteiger charge is -2.10. The Kier molecular flexibility index (Phi) is 5.36. The Balaban J connectivity index is 2.11. The fourth-order valence-corrected chi connectivity index (χ4v) is 1.90. The number of furan rings is 1. The minimum Gasteiger partial charge on any atom is -0.462 e. The van der Waals surface area contributed by atoms with Gasteiger partial charge in [0.2, 0.25) is 0 Å². The highest BCUT2D eigenvalue weighted by Crippen LogP contribution is 2.18. The number of anilines is 1. The van der Waals surface area contributed by atoms with Crippen LogP contribution in [0.2, 0.25) is 0 Å². The maximum Gasteiger partial charge on any atom is 0.340 e. The highest BCUT2D eigenvalue weighted by atomic mass is 16.5. The molecule has 5 nitrogen and oxygen atoms in total. The van der Waals surface area contributed by atoms with Crippen molar-refractivity contribution in [3.63, 3.8) is 0 Å². The van der Waals surface area contributed by atoms with Gasteiger partial charge in [0.15, 0.2) is 5.76 Å². The zero-order chi connectivity index (χ0) is 15.9. The number of aryl methyl sites for hydroxylation is 1. The Morgan fingerprint density at radius 2 is 1.95 bits per heavy atom. The van der Waals surface area contributed by atoms with E-state index in [2.05, 4.69) is 5.32 Å². The average Bonchev–Trinajstić information content (AvgIpc) is 2.94. The summed E-state index contributed by atoms with van der Waals surface area (Å²) in [7, 11) is 0. The van der Waals surface area contributed by atoms with E-state index in [1.165, 1.54) is 0 Å². The van der Waals surface area contributed by atoms with Gasteiger partial charge in [-0.1, -0.05) is 25.5 Å². The summed E-state index contributed by atoms with van der Waals surface area (Å²) in [6, 6.07) is 10.0. The minimum absolute atomic E-state index is 0.201. The predicted molar refractivity (Wildman–Crippen MR) is 83.0 cm³/mol. The van der Waals surface area contributed by atoms with Gasteiger partial charge in [0.05, 0.1) is 17.9 Å². The standard InChI is InChI=1S/C17H19NO4/c1-3-4-11-21-17(20)13-7-5-6-8-14(13)18-16(19)15-10-9-12(2)22-15/h5-10H,3-4,11H2,1-2H3,(H,18,19). The fourth-order valence-electron chi connectivity index (χ4n) is 1.90. The SMILES string of the molecule is CCCCOC(=O)c1ccccc1NC(=O)c1ccc(C)o1. The van der Waals surface area contributed by atoms with Crippen LogP contribution in [0.4, 0.5) is 5.69 Å². The smallest absolute Gasteiger partial charge is 0.340 e. The van der Waals surface area contributed by atoms with Crippen molar-refractivity contribution in [3.05, 3.63) is 53.5 Å². The first-order valence-electron chi connectivity index (χ1n) is 7.25. The van der Waals surface area contributed by atoms with E-state index in [0.29, 0.717) is 23.6 Å². The second-order valence-electron chi connectivity index (χ2n) is 4.90. The molecule has 0 aliphatic rings. The number of carbonyl (C=O) groups is 2. The largest absolute Gasteiger partial charge is 0.462 e. The summed E-state index contributed by atoms with van der Waals surface area (Å²) >= 11 is 0. The number of benzene rings is 1. The molecule has 1 aromatic heterocycles. The van der Waals surface area contributed by atoms with Gasteiger partial charge in [0, 0.05) is 0 Å². The molecule has 0 unspecified atom stereocenters. The van der Waals surface area contributed by atoms with Crippen molar-refractivity contribution >= 4 is 17.6 Å². The van der Waals surface area contributed by atoms with Crippen LogP contribution in [-0.4, -0.2) is 18.5 Å². The molecule has 0 atom stereocenters. The molecule has 0 aliphatic carbocycles. The second-order valence-corrected chi connectivity index (χ2v) is 4.90. The number of para-hydroxylation sites is 1. The molecular formula is C17H19NO4. The van der Waals surface area contributed by atoms with Crippen molar-refractivity contribution in [2.75, 3.05) is 11.9 Å². The molecule has 116 valence electrons. The molecule has 5 heteroatoms. The van der Waals surface area contributed by atoms with Gasteiger partial charge in [-0.2, -0.15) is 0 Å². The lowest BCUT2D eigenvalue weighted by Crippen LogP contribution is -2.15. The van der Waals surface area contributed by atoms with E-state index in [9.17, 15) is 9.59 Å². The monoisotopic (exact) mass is 301 g/mol.